The summed E-state index contributed by atoms with van der Waals surface area (Å²) in [6, 6.07) is 11.4. The van der Waals surface area contributed by atoms with E-state index in [1.807, 2.05) is 54.2 Å². The second kappa shape index (κ2) is 8.40. The second-order valence-electron chi connectivity index (χ2n) is 6.01. The summed E-state index contributed by atoms with van der Waals surface area (Å²) in [7, 11) is 3.58. The molecule has 6 heteroatoms. The van der Waals surface area contributed by atoms with Crippen LogP contribution in [0.4, 0.5) is 0 Å². The lowest BCUT2D eigenvalue weighted by Crippen LogP contribution is -2.33. The van der Waals surface area contributed by atoms with Gasteiger partial charge in [-0.05, 0) is 29.8 Å². The number of pyridine rings is 1. The lowest BCUT2D eigenvalue weighted by Gasteiger charge is -2.22. The van der Waals surface area contributed by atoms with Crippen molar-refractivity contribution in [3.05, 3.63) is 72.3 Å². The Bertz CT molecular complexity index is 844. The molecule has 0 bridgehead atoms. The molecule has 0 atom stereocenters. The van der Waals surface area contributed by atoms with Crippen LogP contribution in [-0.4, -0.2) is 45.6 Å². The van der Waals surface area contributed by atoms with Crippen LogP contribution >= 0.6 is 0 Å². The quantitative estimate of drug-likeness (QED) is 0.657. The fraction of sp³-hybridized carbons (Fsp3) is 0.250. The molecule has 0 radical (unpaired) electrons. The average Bonchev–Trinajstić information content (AvgIpc) is 3.11. The number of nitrogens with zero attached hydrogens (tertiary/aromatic N) is 4. The smallest absolute Gasteiger partial charge is 0.254 e. The van der Waals surface area contributed by atoms with Crippen LogP contribution in [0.3, 0.4) is 0 Å². The van der Waals surface area contributed by atoms with Gasteiger partial charge in [0.25, 0.3) is 5.91 Å². The standard InChI is InChI=1S/C20H22N4O2/c1-23-12-11-22-19(23)17-3-5-18(6-4-17)20(25)24(13-14-26-2)15-16-7-9-21-10-8-16/h3-12H,13-15H2,1-2H3. The third-order valence-electron chi connectivity index (χ3n) is 4.19. The number of imidazole rings is 1. The molecule has 0 saturated heterocycles. The van der Waals surface area contributed by atoms with Crippen molar-refractivity contribution in [2.45, 2.75) is 6.54 Å². The molecule has 0 fully saturated rings. The molecule has 0 saturated carbocycles. The maximum atomic E-state index is 13.0. The summed E-state index contributed by atoms with van der Waals surface area (Å²) in [6.07, 6.45) is 7.12. The highest BCUT2D eigenvalue weighted by Gasteiger charge is 2.16. The molecule has 0 N–H and O–H groups in total. The monoisotopic (exact) mass is 350 g/mol. The van der Waals surface area contributed by atoms with Crippen molar-refractivity contribution < 1.29 is 9.53 Å². The van der Waals surface area contributed by atoms with Crippen LogP contribution in [0.5, 0.6) is 0 Å². The van der Waals surface area contributed by atoms with E-state index in [1.165, 1.54) is 0 Å². The lowest BCUT2D eigenvalue weighted by molar-refractivity contribution is 0.0680. The number of aryl methyl sites for hydroxylation is 1. The molecule has 2 aromatic heterocycles. The van der Waals surface area contributed by atoms with Gasteiger partial charge < -0.3 is 14.2 Å². The van der Waals surface area contributed by atoms with Gasteiger partial charge in [-0.3, -0.25) is 9.78 Å². The van der Waals surface area contributed by atoms with Gasteiger partial charge in [0.1, 0.15) is 5.82 Å². The maximum absolute atomic E-state index is 13.0. The van der Waals surface area contributed by atoms with Gasteiger partial charge in [-0.25, -0.2) is 4.98 Å². The van der Waals surface area contributed by atoms with E-state index in [4.69, 9.17) is 4.74 Å². The minimum absolute atomic E-state index is 0.0229. The minimum atomic E-state index is -0.0229. The zero-order valence-corrected chi connectivity index (χ0v) is 15.0. The van der Waals surface area contributed by atoms with E-state index in [-0.39, 0.29) is 5.91 Å². The van der Waals surface area contributed by atoms with Gasteiger partial charge in [0, 0.05) is 63.2 Å². The normalized spacial score (nSPS) is 10.7. The summed E-state index contributed by atoms with van der Waals surface area (Å²) < 4.78 is 7.11. The number of carbonyl (C=O) groups is 1. The number of hydrogen-bond acceptors (Lipinski definition) is 4. The van der Waals surface area contributed by atoms with E-state index < -0.39 is 0 Å². The van der Waals surface area contributed by atoms with Crippen molar-refractivity contribution >= 4 is 5.91 Å². The van der Waals surface area contributed by atoms with Crippen molar-refractivity contribution in [2.75, 3.05) is 20.3 Å². The molecule has 3 rings (SSSR count). The fourth-order valence-corrected chi connectivity index (χ4v) is 2.75. The largest absolute Gasteiger partial charge is 0.383 e. The van der Waals surface area contributed by atoms with Crippen LogP contribution in [-0.2, 0) is 18.3 Å². The fourth-order valence-electron chi connectivity index (χ4n) is 2.75. The molecule has 134 valence electrons. The number of carbonyl (C=O) groups excluding carboxylic acids is 1. The molecular weight excluding hydrogens is 328 g/mol. The Hall–Kier alpha value is -2.99. The SMILES string of the molecule is COCCN(Cc1ccncc1)C(=O)c1ccc(-c2nccn2C)cc1. The summed E-state index contributed by atoms with van der Waals surface area (Å²) in [5.74, 6) is 0.849. The van der Waals surface area contributed by atoms with E-state index in [0.29, 0.717) is 25.3 Å². The summed E-state index contributed by atoms with van der Waals surface area (Å²) in [5, 5.41) is 0. The van der Waals surface area contributed by atoms with Gasteiger partial charge in [0.05, 0.1) is 6.61 Å². The Morgan fingerprint density at radius 3 is 2.46 bits per heavy atom. The van der Waals surface area contributed by atoms with Crippen LogP contribution < -0.4 is 0 Å². The molecule has 0 spiro atoms. The molecule has 3 aromatic rings. The summed E-state index contributed by atoms with van der Waals surface area (Å²) in [5.41, 5.74) is 2.66. The number of aromatic nitrogens is 3. The first kappa shape index (κ1) is 17.8. The molecule has 1 amide bonds. The summed E-state index contributed by atoms with van der Waals surface area (Å²) >= 11 is 0. The molecule has 26 heavy (non-hydrogen) atoms. The first-order valence-electron chi connectivity index (χ1n) is 8.44. The Morgan fingerprint density at radius 1 is 1.12 bits per heavy atom. The van der Waals surface area contributed by atoms with Gasteiger partial charge >= 0.3 is 0 Å². The summed E-state index contributed by atoms with van der Waals surface area (Å²) in [6.45, 7) is 1.53. The third kappa shape index (κ3) is 4.15. The Morgan fingerprint density at radius 2 is 1.85 bits per heavy atom. The topological polar surface area (TPSA) is 60.2 Å². The number of amides is 1. The number of ether oxygens (including phenoxy) is 1. The third-order valence-corrected chi connectivity index (χ3v) is 4.19. The minimum Gasteiger partial charge on any atom is -0.383 e. The van der Waals surface area contributed by atoms with Crippen LogP contribution in [0.25, 0.3) is 11.4 Å². The van der Waals surface area contributed by atoms with Gasteiger partial charge in [0.15, 0.2) is 0 Å². The first-order chi connectivity index (χ1) is 12.7. The van der Waals surface area contributed by atoms with Crippen LogP contribution in [0.2, 0.25) is 0 Å². The Balaban J connectivity index is 1.78. The van der Waals surface area contributed by atoms with Crippen LogP contribution in [0.1, 0.15) is 15.9 Å². The van der Waals surface area contributed by atoms with Crippen molar-refractivity contribution in [3.8, 4) is 11.4 Å². The zero-order chi connectivity index (χ0) is 18.4. The zero-order valence-electron chi connectivity index (χ0n) is 15.0. The van der Waals surface area contributed by atoms with Gasteiger partial charge in [-0.1, -0.05) is 12.1 Å². The molecule has 1 aromatic carbocycles. The average molecular weight is 350 g/mol. The molecule has 0 aliphatic heterocycles. The predicted octanol–water partition coefficient (Wildman–Crippen LogP) is 2.77. The van der Waals surface area contributed by atoms with E-state index >= 15 is 0 Å². The highest BCUT2D eigenvalue weighted by Crippen LogP contribution is 2.18. The van der Waals surface area contributed by atoms with Crippen molar-refractivity contribution in [1.82, 2.24) is 19.4 Å². The first-order valence-corrected chi connectivity index (χ1v) is 8.44. The predicted molar refractivity (Wildman–Crippen MR) is 99.5 cm³/mol. The molecule has 0 aliphatic carbocycles. The molecule has 6 nitrogen and oxygen atoms in total. The molecule has 2 heterocycles. The van der Waals surface area contributed by atoms with Crippen molar-refractivity contribution in [1.29, 1.82) is 0 Å². The number of hydrogen-bond donors (Lipinski definition) is 0. The number of benzene rings is 1. The van der Waals surface area contributed by atoms with Crippen molar-refractivity contribution in [2.24, 2.45) is 7.05 Å². The highest BCUT2D eigenvalue weighted by molar-refractivity contribution is 5.94. The van der Waals surface area contributed by atoms with E-state index in [1.54, 1.807) is 30.6 Å². The maximum Gasteiger partial charge on any atom is 0.254 e. The lowest BCUT2D eigenvalue weighted by atomic mass is 10.1. The molecular formula is C20H22N4O2. The van der Waals surface area contributed by atoms with Gasteiger partial charge in [-0.2, -0.15) is 0 Å². The second-order valence-corrected chi connectivity index (χ2v) is 6.01. The van der Waals surface area contributed by atoms with Gasteiger partial charge in [0.2, 0.25) is 0 Å². The number of methoxy groups -OCH3 is 1. The van der Waals surface area contributed by atoms with Gasteiger partial charge in [-0.15, -0.1) is 0 Å². The number of rotatable bonds is 7. The summed E-state index contributed by atoms with van der Waals surface area (Å²) in [4.78, 5) is 23.1. The van der Waals surface area contributed by atoms with Crippen LogP contribution in [0, 0.1) is 0 Å². The van der Waals surface area contributed by atoms with E-state index in [2.05, 4.69) is 9.97 Å². The Kier molecular flexibility index (Phi) is 5.76. The molecule has 0 aliphatic rings. The van der Waals surface area contributed by atoms with Crippen molar-refractivity contribution in [3.63, 3.8) is 0 Å². The highest BCUT2D eigenvalue weighted by atomic mass is 16.5. The van der Waals surface area contributed by atoms with E-state index in [9.17, 15) is 4.79 Å². The van der Waals surface area contributed by atoms with E-state index in [0.717, 1.165) is 17.0 Å². The van der Waals surface area contributed by atoms with Crippen LogP contribution in [0.15, 0.2) is 61.2 Å². The molecule has 0 unspecified atom stereocenters. The Labute approximate surface area is 153 Å².